The van der Waals surface area contributed by atoms with Gasteiger partial charge in [-0.1, -0.05) is 95.3 Å². The van der Waals surface area contributed by atoms with E-state index in [1.54, 1.807) is 12.1 Å². The quantitative estimate of drug-likeness (QED) is 0.0302. The number of phenolic OH excluding ortho intramolecular Hbond substituents is 2. The first-order chi connectivity index (χ1) is 38.5. The number of ether oxygens (including phenoxy) is 3. The van der Waals surface area contributed by atoms with Gasteiger partial charge in [0.2, 0.25) is 28.9 Å². The van der Waals surface area contributed by atoms with Gasteiger partial charge in [0.25, 0.3) is 11.5 Å². The number of rotatable bonds is 15. The molecule has 2 aliphatic carbocycles. The number of amides is 1. The maximum Gasteiger partial charge on any atom is 0.347 e. The van der Waals surface area contributed by atoms with Gasteiger partial charge in [0.1, 0.15) is 46.9 Å². The van der Waals surface area contributed by atoms with Crippen molar-refractivity contribution in [1.82, 2.24) is 15.6 Å². The number of hydrogen-bond donors (Lipinski definition) is 11. The van der Waals surface area contributed by atoms with E-state index in [-0.39, 0.29) is 69.6 Å². The Morgan fingerprint density at radius 2 is 1.71 bits per heavy atom. The Bertz CT molecular complexity index is 3440. The zero-order valence-corrected chi connectivity index (χ0v) is 44.8. The number of primary amides is 1. The Labute approximate surface area is 466 Å². The van der Waals surface area contributed by atoms with Crippen LogP contribution in [0.3, 0.4) is 0 Å². The fraction of sp³-hybridized carbons (Fsp3) is 0.322. The van der Waals surface area contributed by atoms with Gasteiger partial charge in [-0.2, -0.15) is 0 Å². The van der Waals surface area contributed by atoms with Gasteiger partial charge in [0.05, 0.1) is 10.9 Å². The number of benzene rings is 4. The highest BCUT2D eigenvalue weighted by Crippen LogP contribution is 2.54. The van der Waals surface area contributed by atoms with Gasteiger partial charge < -0.3 is 70.4 Å². The number of hydrogen-bond acceptors (Lipinski definition) is 18. The number of carbonyl (C=O) groups is 3. The van der Waals surface area contributed by atoms with E-state index in [1.165, 1.54) is 52.8 Å². The monoisotopic (exact) mass is 1130 g/mol. The predicted molar refractivity (Wildman–Crippen MR) is 300 cm³/mol. The largest absolute Gasteiger partial charge is 0.509 e. The normalized spacial score (nSPS) is 27.7. The Kier molecular flexibility index (Phi) is 16.2. The van der Waals surface area contributed by atoms with E-state index in [2.05, 4.69) is 52.9 Å². The highest BCUT2D eigenvalue weighted by Gasteiger charge is 2.81. The second-order valence-corrected chi connectivity index (χ2v) is 22.9. The topological polar surface area (TPSA) is 317 Å². The summed E-state index contributed by atoms with van der Waals surface area (Å²) < 4.78 is 24.3. The van der Waals surface area contributed by atoms with Gasteiger partial charge in [-0.15, -0.1) is 0 Å². The summed E-state index contributed by atoms with van der Waals surface area (Å²) in [7, 11) is 2.50. The summed E-state index contributed by atoms with van der Waals surface area (Å²) in [6, 6.07) is 26.5. The molecule has 12 N–H and O–H groups in total. The number of aliphatic hydroxyl groups excluding tert-OH is 3. The molecule has 10 unspecified atom stereocenters. The lowest BCUT2D eigenvalue weighted by molar-refractivity contribution is -0.390. The summed E-state index contributed by atoms with van der Waals surface area (Å²) in [5, 5.41) is 87.0. The van der Waals surface area contributed by atoms with Crippen LogP contribution in [0.2, 0.25) is 0 Å². The molecule has 4 aliphatic rings. The number of aliphatic carboxylic acids is 1. The number of phenols is 2. The van der Waals surface area contributed by atoms with Crippen molar-refractivity contribution in [2.24, 2.45) is 17.6 Å². The van der Waals surface area contributed by atoms with Crippen molar-refractivity contribution in [3.8, 4) is 28.4 Å². The molecule has 0 radical (unpaired) electrons. The number of fused-ring (bicyclic) bond motifs is 3. The number of carboxylic acid groups (broad SMARTS) is 1. The van der Waals surface area contributed by atoms with Gasteiger partial charge >= 0.3 is 5.97 Å². The Balaban J connectivity index is 0.963. The van der Waals surface area contributed by atoms with Crippen LogP contribution in [0.5, 0.6) is 17.2 Å². The highest BCUT2D eigenvalue weighted by atomic mass is 33.1. The number of allylic oxidation sites excluding steroid dienone is 4. The SMILES string of the molecule is CC(CC=C1C=CC(CCNCCc2ccc(O)cc2)c2ccccc21)C1CNC(O)C2(O)C(Oc3ccc4c(=O)c(-c5ccc(O)cc5)c(C(N)=O)oc4c3)OC3(C(=O)O)C(=O)C=C(O)C2(OCSSCC1c1cc[nH]c1)C3O. The lowest BCUT2D eigenvalue weighted by Gasteiger charge is -2.60. The fourth-order valence-corrected chi connectivity index (χ4v) is 13.5. The molecule has 2 saturated heterocycles. The van der Waals surface area contributed by atoms with E-state index >= 15 is 0 Å². The van der Waals surface area contributed by atoms with E-state index in [1.807, 2.05) is 42.7 Å². The molecule has 4 heterocycles. The number of aromatic nitrogens is 1. The number of H-pyrrole nitrogens is 1. The van der Waals surface area contributed by atoms with Crippen LogP contribution in [0.15, 0.2) is 149 Å². The summed E-state index contributed by atoms with van der Waals surface area (Å²) in [5.74, 6) is -6.95. The van der Waals surface area contributed by atoms with Crippen molar-refractivity contribution >= 4 is 55.8 Å². The van der Waals surface area contributed by atoms with E-state index in [0.717, 1.165) is 65.1 Å². The second-order valence-electron chi connectivity index (χ2n) is 20.4. The smallest absolute Gasteiger partial charge is 0.347 e. The summed E-state index contributed by atoms with van der Waals surface area (Å²) in [5.41, 5.74) is 0.602. The molecule has 2 fully saturated rings. The van der Waals surface area contributed by atoms with Crippen LogP contribution in [0, 0.1) is 11.8 Å². The predicted octanol–water partition coefficient (Wildman–Crippen LogP) is 6.37. The Morgan fingerprint density at radius 3 is 2.44 bits per heavy atom. The number of nitrogens with one attached hydrogen (secondary N) is 3. The third kappa shape index (κ3) is 10.2. The average molecular weight is 1130 g/mol. The molecule has 6 aromatic rings. The maximum absolute atomic E-state index is 14.0. The number of carboxylic acids is 1. The van der Waals surface area contributed by atoms with Crippen LogP contribution in [-0.2, 0) is 25.5 Å². The number of carbonyl (C=O) groups excluding carboxylic acids is 2. The van der Waals surface area contributed by atoms with E-state index in [0.29, 0.717) is 18.2 Å². The zero-order chi connectivity index (χ0) is 56.5. The maximum atomic E-state index is 14.0. The molecule has 4 aromatic carbocycles. The summed E-state index contributed by atoms with van der Waals surface area (Å²) in [4.78, 5) is 57.2. The lowest BCUT2D eigenvalue weighted by Crippen LogP contribution is -2.87. The second kappa shape index (κ2) is 23.1. The van der Waals surface area contributed by atoms with Crippen LogP contribution < -0.4 is 26.5 Å². The first kappa shape index (κ1) is 56.1. The van der Waals surface area contributed by atoms with Gasteiger partial charge in [-0.3, -0.25) is 19.7 Å². The molecular formula is C59H60N4O15S2. The summed E-state index contributed by atoms with van der Waals surface area (Å²) in [6.07, 6.45) is 5.52. The summed E-state index contributed by atoms with van der Waals surface area (Å²) >= 11 is 0. The minimum atomic E-state index is -3.29. The fourth-order valence-electron chi connectivity index (χ4n) is 11.4. The number of aromatic amines is 1. The molecule has 10 atom stereocenters. The van der Waals surface area contributed by atoms with Crippen molar-refractivity contribution in [3.05, 3.63) is 178 Å². The number of aliphatic hydroxyl groups is 4. The number of nitrogens with two attached hydrogens (primary N) is 1. The molecule has 80 heavy (non-hydrogen) atoms. The van der Waals surface area contributed by atoms with Crippen LogP contribution in [0.4, 0.5) is 0 Å². The molecule has 2 bridgehead atoms. The minimum absolute atomic E-state index is 0.0457. The molecule has 19 nitrogen and oxygen atoms in total. The molecule has 2 aromatic heterocycles. The van der Waals surface area contributed by atoms with E-state index < -0.39 is 76.0 Å². The molecule has 1 spiro atoms. The van der Waals surface area contributed by atoms with Gasteiger partial charge in [-0.05, 0) is 126 Å². The first-order valence-electron chi connectivity index (χ1n) is 26.0. The summed E-state index contributed by atoms with van der Waals surface area (Å²) in [6.45, 7) is 3.64. The van der Waals surface area contributed by atoms with Crippen molar-refractivity contribution in [3.63, 3.8) is 0 Å². The Morgan fingerprint density at radius 1 is 0.963 bits per heavy atom. The van der Waals surface area contributed by atoms with Gasteiger partial charge in [-0.25, -0.2) is 4.79 Å². The van der Waals surface area contributed by atoms with Gasteiger partial charge in [0.15, 0.2) is 5.60 Å². The van der Waals surface area contributed by atoms with Crippen LogP contribution in [0.25, 0.3) is 27.7 Å². The molecule has 418 valence electrons. The molecular weight excluding hydrogens is 1070 g/mol. The first-order valence-corrected chi connectivity index (χ1v) is 28.5. The highest BCUT2D eigenvalue weighted by molar-refractivity contribution is 8.76. The van der Waals surface area contributed by atoms with Crippen molar-refractivity contribution < 1.29 is 68.8 Å². The van der Waals surface area contributed by atoms with Crippen molar-refractivity contribution in [2.75, 3.05) is 31.3 Å². The van der Waals surface area contributed by atoms with Crippen molar-refractivity contribution in [1.29, 1.82) is 0 Å². The van der Waals surface area contributed by atoms with Gasteiger partial charge in [0, 0.05) is 42.8 Å². The van der Waals surface area contributed by atoms with Crippen LogP contribution in [-0.4, -0.2) is 125 Å². The lowest BCUT2D eigenvalue weighted by atomic mass is 9.62. The molecule has 1 amide bonds. The van der Waals surface area contributed by atoms with Crippen molar-refractivity contribution in [2.45, 2.75) is 73.4 Å². The third-order valence-corrected chi connectivity index (χ3v) is 17.9. The number of aromatic hydroxyl groups is 2. The van der Waals surface area contributed by atoms with Crippen LogP contribution in [0.1, 0.15) is 64.4 Å². The van der Waals surface area contributed by atoms with Crippen LogP contribution >= 0.6 is 21.6 Å². The average Bonchev–Trinajstić information content (AvgIpc) is 3.92. The molecule has 0 saturated carbocycles. The third-order valence-electron chi connectivity index (χ3n) is 15.8. The van der Waals surface area contributed by atoms with E-state index in [9.17, 15) is 54.9 Å². The molecule has 10 rings (SSSR count). The zero-order valence-electron chi connectivity index (χ0n) is 43.2. The molecule has 21 heteroatoms. The van der Waals surface area contributed by atoms with E-state index in [4.69, 9.17) is 24.4 Å². The molecule has 2 aliphatic heterocycles. The standard InChI is InChI=1S/C59H60N4O15S2/c1-32(6-9-34-10-11-35(42-5-3-2-4-41(34)42)21-24-61-23-20-33-7-14-38(64)15-8-33)44-29-63-54(71)58(74)56(76-40-18-19-43-46(26-40)77-51(52(60)69)49(50(43)68)36-12-16-39(65)17-13-36)78-57(55(72)73)47(66)27-48(67)59(58,53(57)70)75-31-80-79-30-45(44)37-22-25-62-28-37/h2-5,7-19,22,25-28,32,35,44-45,53-54,56,61-65,67,70-71,74H,6,20-21,23-24,29-31H2,1H3,(H2,60,69)(H,72,73). The number of ketones is 1. The minimum Gasteiger partial charge on any atom is -0.509 e. The Hall–Kier alpha value is -7.18.